The maximum absolute atomic E-state index is 11.1. The number of aliphatic hydroxyl groups is 1. The molecule has 184 valence electrons. The molecule has 0 saturated heterocycles. The summed E-state index contributed by atoms with van der Waals surface area (Å²) >= 11 is 2.01. The molecule has 33 heavy (non-hydrogen) atoms. The van der Waals surface area contributed by atoms with Crippen LogP contribution in [0.4, 0.5) is 5.69 Å². The van der Waals surface area contributed by atoms with Crippen LogP contribution in [0.15, 0.2) is 29.2 Å². The number of nitrogens with two attached hydrogens (primary N) is 1. The van der Waals surface area contributed by atoms with Crippen molar-refractivity contribution in [2.24, 2.45) is 40.4 Å². The predicted molar refractivity (Wildman–Crippen MR) is 138 cm³/mol. The quantitative estimate of drug-likeness (QED) is 0.354. The van der Waals surface area contributed by atoms with Gasteiger partial charge in [-0.05, 0) is 135 Å². The van der Waals surface area contributed by atoms with E-state index in [1.165, 1.54) is 62.0 Å². The van der Waals surface area contributed by atoms with Gasteiger partial charge in [-0.2, -0.15) is 0 Å². The van der Waals surface area contributed by atoms with Crippen LogP contribution >= 0.6 is 11.8 Å². The van der Waals surface area contributed by atoms with E-state index in [4.69, 9.17) is 10.5 Å². The molecule has 4 fully saturated rings. The van der Waals surface area contributed by atoms with Crippen molar-refractivity contribution in [3.63, 3.8) is 0 Å². The largest absolute Gasteiger partial charge is 0.399 e. The lowest BCUT2D eigenvalue weighted by Crippen LogP contribution is -2.56. The predicted octanol–water partition coefficient (Wildman–Crippen LogP) is 6.79. The van der Waals surface area contributed by atoms with E-state index in [0.717, 1.165) is 42.2 Å². The summed E-state index contributed by atoms with van der Waals surface area (Å²) in [5.41, 5.74) is 7.08. The average molecular weight is 472 g/mol. The Kier molecular flexibility index (Phi) is 6.59. The first-order valence-electron chi connectivity index (χ1n) is 13.5. The van der Waals surface area contributed by atoms with E-state index >= 15 is 0 Å². The minimum absolute atomic E-state index is 0.424. The van der Waals surface area contributed by atoms with Gasteiger partial charge in [0.25, 0.3) is 0 Å². The van der Waals surface area contributed by atoms with Gasteiger partial charge < -0.3 is 15.6 Å². The number of anilines is 1. The molecule has 0 heterocycles. The van der Waals surface area contributed by atoms with E-state index < -0.39 is 5.60 Å². The summed E-state index contributed by atoms with van der Waals surface area (Å²) in [6, 6.07) is 8.38. The molecule has 4 aliphatic carbocycles. The van der Waals surface area contributed by atoms with Gasteiger partial charge in [0, 0.05) is 17.7 Å². The summed E-state index contributed by atoms with van der Waals surface area (Å²) in [6.45, 7) is 5.76. The highest BCUT2D eigenvalue weighted by molar-refractivity contribution is 7.99. The summed E-state index contributed by atoms with van der Waals surface area (Å²) < 4.78 is 5.39. The Morgan fingerprint density at radius 2 is 1.73 bits per heavy atom. The van der Waals surface area contributed by atoms with Gasteiger partial charge >= 0.3 is 0 Å². The highest BCUT2D eigenvalue weighted by Crippen LogP contribution is 2.68. The molecule has 1 aromatic carbocycles. The normalized spacial score (nSPS) is 44.7. The molecule has 4 aliphatic rings. The molecular weight excluding hydrogens is 426 g/mol. The van der Waals surface area contributed by atoms with E-state index in [-0.39, 0.29) is 0 Å². The van der Waals surface area contributed by atoms with Crippen molar-refractivity contribution in [2.75, 3.05) is 25.2 Å². The molecular formula is C29H45NO2S. The first-order valence-corrected chi connectivity index (χ1v) is 14.5. The number of benzene rings is 1. The van der Waals surface area contributed by atoms with Gasteiger partial charge in [-0.1, -0.05) is 13.8 Å². The minimum Gasteiger partial charge on any atom is -0.399 e. The topological polar surface area (TPSA) is 55.5 Å². The van der Waals surface area contributed by atoms with Crippen LogP contribution in [0.3, 0.4) is 0 Å². The lowest BCUT2D eigenvalue weighted by molar-refractivity contribution is -0.162. The van der Waals surface area contributed by atoms with Crippen LogP contribution in [0.5, 0.6) is 0 Å². The van der Waals surface area contributed by atoms with Crippen molar-refractivity contribution in [3.05, 3.63) is 24.3 Å². The average Bonchev–Trinajstić information content (AvgIpc) is 3.12. The number of hydrogen-bond acceptors (Lipinski definition) is 4. The molecule has 0 bridgehead atoms. The SMILES string of the molecule is COC[C@@]1(O)CC[C@@]2(C)[C@@H](CC[C@@H]3[C@@H]2CC[C@]2(C)[C@@H](CCSc4ccc(N)cc4)CC[C@@H]32)C1. The van der Waals surface area contributed by atoms with E-state index in [1.54, 1.807) is 7.11 Å². The number of fused-ring (bicyclic) bond motifs is 5. The summed E-state index contributed by atoms with van der Waals surface area (Å²) in [5.74, 6) is 5.47. The fourth-order valence-corrected chi connectivity index (χ4v) is 10.2. The number of hydrogen-bond donors (Lipinski definition) is 2. The van der Waals surface area contributed by atoms with E-state index in [2.05, 4.69) is 26.0 Å². The molecule has 0 radical (unpaired) electrons. The number of thioether (sulfide) groups is 1. The number of nitrogen functional groups attached to an aromatic ring is 1. The number of rotatable bonds is 6. The second-order valence-electron chi connectivity index (χ2n) is 12.5. The van der Waals surface area contributed by atoms with Crippen LogP contribution < -0.4 is 5.73 Å². The zero-order valence-corrected chi connectivity index (χ0v) is 21.8. The van der Waals surface area contributed by atoms with E-state index in [0.29, 0.717) is 23.4 Å². The molecule has 0 aromatic heterocycles. The molecule has 3 nitrogen and oxygen atoms in total. The molecule has 5 rings (SSSR count). The van der Waals surface area contributed by atoms with Crippen molar-refractivity contribution >= 4 is 17.4 Å². The summed E-state index contributed by atoms with van der Waals surface area (Å²) in [5, 5.41) is 11.1. The van der Waals surface area contributed by atoms with Crippen LogP contribution in [0, 0.1) is 40.4 Å². The number of methoxy groups -OCH3 is 1. The fourth-order valence-electron chi connectivity index (χ4n) is 9.19. The monoisotopic (exact) mass is 471 g/mol. The van der Waals surface area contributed by atoms with E-state index in [9.17, 15) is 5.11 Å². The Labute approximate surface area is 205 Å². The molecule has 0 amide bonds. The van der Waals surface area contributed by atoms with Crippen molar-refractivity contribution < 1.29 is 9.84 Å². The maximum Gasteiger partial charge on any atom is 0.0883 e. The highest BCUT2D eigenvalue weighted by atomic mass is 32.2. The fraction of sp³-hybridized carbons (Fsp3) is 0.793. The molecule has 4 heteroatoms. The first-order chi connectivity index (χ1) is 15.8. The third-order valence-corrected chi connectivity index (χ3v) is 12.1. The van der Waals surface area contributed by atoms with Crippen LogP contribution in [0.25, 0.3) is 0 Å². The van der Waals surface area contributed by atoms with Gasteiger partial charge in [0.15, 0.2) is 0 Å². The Hall–Kier alpha value is -0.710. The van der Waals surface area contributed by atoms with Crippen LogP contribution in [0.1, 0.15) is 78.1 Å². The number of ether oxygens (including phenoxy) is 1. The zero-order chi connectivity index (χ0) is 23.3. The Balaban J connectivity index is 1.23. The third-order valence-electron chi connectivity index (χ3n) is 11.0. The van der Waals surface area contributed by atoms with Crippen LogP contribution in [0.2, 0.25) is 0 Å². The Morgan fingerprint density at radius 1 is 0.970 bits per heavy atom. The van der Waals surface area contributed by atoms with Crippen molar-refractivity contribution in [2.45, 2.75) is 88.6 Å². The van der Waals surface area contributed by atoms with E-state index in [1.807, 2.05) is 23.9 Å². The summed E-state index contributed by atoms with van der Waals surface area (Å²) in [4.78, 5) is 1.35. The summed E-state index contributed by atoms with van der Waals surface area (Å²) in [6.07, 6.45) is 12.8. The molecule has 0 spiro atoms. The summed E-state index contributed by atoms with van der Waals surface area (Å²) in [7, 11) is 1.73. The molecule has 1 aromatic rings. The molecule has 4 saturated carbocycles. The first kappa shape index (κ1) is 24.0. The Bertz CT molecular complexity index is 829. The smallest absolute Gasteiger partial charge is 0.0883 e. The van der Waals surface area contributed by atoms with Gasteiger partial charge in [-0.3, -0.25) is 0 Å². The van der Waals surface area contributed by atoms with Crippen LogP contribution in [-0.2, 0) is 4.74 Å². The van der Waals surface area contributed by atoms with Crippen molar-refractivity contribution in [1.82, 2.24) is 0 Å². The van der Waals surface area contributed by atoms with Gasteiger partial charge in [-0.25, -0.2) is 0 Å². The maximum atomic E-state index is 11.1. The molecule has 0 aliphatic heterocycles. The second kappa shape index (κ2) is 9.06. The van der Waals surface area contributed by atoms with Gasteiger partial charge in [0.1, 0.15) is 0 Å². The highest BCUT2D eigenvalue weighted by Gasteiger charge is 2.61. The molecule has 0 unspecified atom stereocenters. The lowest BCUT2D eigenvalue weighted by Gasteiger charge is -2.62. The van der Waals surface area contributed by atoms with Gasteiger partial charge in [0.05, 0.1) is 12.2 Å². The van der Waals surface area contributed by atoms with Gasteiger partial charge in [0.2, 0.25) is 0 Å². The lowest BCUT2D eigenvalue weighted by atomic mass is 9.44. The zero-order valence-electron chi connectivity index (χ0n) is 21.0. The minimum atomic E-state index is -0.588. The van der Waals surface area contributed by atoms with Crippen molar-refractivity contribution in [1.29, 1.82) is 0 Å². The second-order valence-corrected chi connectivity index (χ2v) is 13.7. The molecule has 3 N–H and O–H groups in total. The van der Waals surface area contributed by atoms with Crippen LogP contribution in [-0.4, -0.2) is 30.2 Å². The molecule has 8 atom stereocenters. The third kappa shape index (κ3) is 4.27. The standard InChI is InChI=1S/C29H45NO2S/c1-27-14-12-26-24(10-4-21-18-29(31,19-32-3)16-15-28(21,26)2)25(27)11-5-20(27)13-17-33-23-8-6-22(30)7-9-23/h6-9,20-21,24-26,31H,4-5,10-19,30H2,1-3H3/t20-,21+,24+,25+,26+,27-,28+,29-/m1/s1. The Morgan fingerprint density at radius 3 is 2.48 bits per heavy atom. The van der Waals surface area contributed by atoms with Gasteiger partial charge in [-0.15, -0.1) is 11.8 Å². The van der Waals surface area contributed by atoms with Crippen molar-refractivity contribution in [3.8, 4) is 0 Å².